The lowest BCUT2D eigenvalue weighted by atomic mass is 9.99. The van der Waals surface area contributed by atoms with Gasteiger partial charge in [0.25, 0.3) is 0 Å². The zero-order chi connectivity index (χ0) is 17.9. The zero-order valence-electron chi connectivity index (χ0n) is 15.6. The Bertz CT molecular complexity index is 703. The van der Waals surface area contributed by atoms with Gasteiger partial charge in [-0.2, -0.15) is 5.10 Å². The van der Waals surface area contributed by atoms with Gasteiger partial charge in [0.2, 0.25) is 0 Å². The summed E-state index contributed by atoms with van der Waals surface area (Å²) in [5, 5.41) is 8.51. The molecular formula is C19H28N4S. The summed E-state index contributed by atoms with van der Waals surface area (Å²) in [5.74, 6) is 0.588. The molecule has 130 valence electrons. The minimum atomic E-state index is 0.588. The molecular weight excluding hydrogens is 316 g/mol. The van der Waals surface area contributed by atoms with Crippen molar-refractivity contribution in [1.82, 2.24) is 14.7 Å². The monoisotopic (exact) mass is 344 g/mol. The normalized spacial score (nSPS) is 12.1. The van der Waals surface area contributed by atoms with Gasteiger partial charge in [-0.3, -0.25) is 4.68 Å². The van der Waals surface area contributed by atoms with Gasteiger partial charge in [0.1, 0.15) is 0 Å². The maximum atomic E-state index is 5.55. The van der Waals surface area contributed by atoms with Crippen LogP contribution in [0.3, 0.4) is 0 Å². The molecule has 0 aliphatic carbocycles. The van der Waals surface area contributed by atoms with Crippen molar-refractivity contribution in [2.24, 2.45) is 7.05 Å². The lowest BCUT2D eigenvalue weighted by Gasteiger charge is -2.21. The highest BCUT2D eigenvalue weighted by Gasteiger charge is 2.13. The number of nitrogens with one attached hydrogen (secondary N) is 1. The number of hydrogen-bond donors (Lipinski definition) is 1. The molecule has 2 rings (SSSR count). The van der Waals surface area contributed by atoms with Gasteiger partial charge in [-0.15, -0.1) is 0 Å². The number of aryl methyl sites for hydroxylation is 2. The quantitative estimate of drug-likeness (QED) is 0.816. The second-order valence-electron chi connectivity index (χ2n) is 6.49. The summed E-state index contributed by atoms with van der Waals surface area (Å²) in [6.45, 7) is 9.35. The number of nitrogens with zero attached hydrogens (tertiary/aromatic N) is 3. The molecule has 1 unspecified atom stereocenters. The van der Waals surface area contributed by atoms with Gasteiger partial charge in [0.15, 0.2) is 5.11 Å². The molecule has 24 heavy (non-hydrogen) atoms. The van der Waals surface area contributed by atoms with E-state index < -0.39 is 0 Å². The Morgan fingerprint density at radius 1 is 1.29 bits per heavy atom. The maximum Gasteiger partial charge on any atom is 0.173 e. The fourth-order valence-electron chi connectivity index (χ4n) is 2.70. The van der Waals surface area contributed by atoms with E-state index in [0.29, 0.717) is 11.0 Å². The van der Waals surface area contributed by atoms with Gasteiger partial charge in [-0.25, -0.2) is 0 Å². The smallest absolute Gasteiger partial charge is 0.173 e. The Kier molecular flexibility index (Phi) is 5.99. The summed E-state index contributed by atoms with van der Waals surface area (Å²) in [6.07, 6.45) is 1.15. The first-order valence-electron chi connectivity index (χ1n) is 8.44. The zero-order valence-corrected chi connectivity index (χ0v) is 16.4. The van der Waals surface area contributed by atoms with Crippen molar-refractivity contribution in [2.75, 3.05) is 12.4 Å². The van der Waals surface area contributed by atoms with E-state index in [1.54, 1.807) is 0 Å². The Labute approximate surface area is 150 Å². The molecule has 1 atom stereocenters. The molecule has 4 nitrogen and oxygen atoms in total. The second kappa shape index (κ2) is 7.79. The maximum absolute atomic E-state index is 5.55. The molecule has 0 bridgehead atoms. The van der Waals surface area contributed by atoms with Gasteiger partial charge in [-0.1, -0.05) is 26.0 Å². The summed E-state index contributed by atoms with van der Waals surface area (Å²) in [6, 6.07) is 8.55. The van der Waals surface area contributed by atoms with Crippen LogP contribution in [-0.2, 0) is 13.6 Å². The van der Waals surface area contributed by atoms with Gasteiger partial charge >= 0.3 is 0 Å². The van der Waals surface area contributed by atoms with Gasteiger partial charge < -0.3 is 10.2 Å². The molecule has 1 aromatic heterocycles. The van der Waals surface area contributed by atoms with Crippen molar-refractivity contribution in [3.63, 3.8) is 0 Å². The van der Waals surface area contributed by atoms with Gasteiger partial charge in [-0.05, 0) is 56.1 Å². The molecule has 0 aliphatic heterocycles. The summed E-state index contributed by atoms with van der Waals surface area (Å²) in [7, 11) is 3.98. The highest BCUT2D eigenvalue weighted by Crippen LogP contribution is 2.21. The molecule has 0 saturated carbocycles. The van der Waals surface area contributed by atoms with E-state index >= 15 is 0 Å². The minimum absolute atomic E-state index is 0.588. The minimum Gasteiger partial charge on any atom is -0.348 e. The number of aromatic nitrogens is 2. The van der Waals surface area contributed by atoms with Crippen molar-refractivity contribution >= 4 is 23.0 Å². The van der Waals surface area contributed by atoms with Crippen molar-refractivity contribution in [3.8, 4) is 0 Å². The van der Waals surface area contributed by atoms with Gasteiger partial charge in [0.05, 0.1) is 5.69 Å². The molecule has 0 amide bonds. The van der Waals surface area contributed by atoms with Crippen LogP contribution in [0.1, 0.15) is 48.7 Å². The number of benzene rings is 1. The molecule has 0 aliphatic rings. The first-order chi connectivity index (χ1) is 11.3. The van der Waals surface area contributed by atoms with Crippen molar-refractivity contribution < 1.29 is 0 Å². The van der Waals surface area contributed by atoms with Crippen LogP contribution in [0.25, 0.3) is 0 Å². The van der Waals surface area contributed by atoms with Crippen LogP contribution in [0.4, 0.5) is 5.69 Å². The largest absolute Gasteiger partial charge is 0.348 e. The predicted molar refractivity (Wildman–Crippen MR) is 106 cm³/mol. The Morgan fingerprint density at radius 2 is 1.92 bits per heavy atom. The van der Waals surface area contributed by atoms with Crippen molar-refractivity contribution in [1.29, 1.82) is 0 Å². The number of rotatable bonds is 5. The number of hydrogen-bond acceptors (Lipinski definition) is 2. The van der Waals surface area contributed by atoms with Crippen LogP contribution < -0.4 is 5.32 Å². The molecule has 1 aromatic carbocycles. The second-order valence-corrected chi connectivity index (χ2v) is 6.88. The lowest BCUT2D eigenvalue weighted by molar-refractivity contribution is 0.505. The third-order valence-electron chi connectivity index (χ3n) is 4.74. The molecule has 0 spiro atoms. The summed E-state index contributed by atoms with van der Waals surface area (Å²) in [4.78, 5) is 2.05. The predicted octanol–water partition coefficient (Wildman–Crippen LogP) is 4.38. The highest BCUT2D eigenvalue weighted by molar-refractivity contribution is 7.80. The number of thiocarbonyl (C=S) groups is 1. The Balaban J connectivity index is 2.01. The summed E-state index contributed by atoms with van der Waals surface area (Å²) >= 11 is 5.55. The van der Waals surface area contributed by atoms with E-state index in [9.17, 15) is 0 Å². The molecule has 1 N–H and O–H groups in total. The fraction of sp³-hybridized carbons (Fsp3) is 0.474. The highest BCUT2D eigenvalue weighted by atomic mass is 32.1. The van der Waals surface area contributed by atoms with Crippen molar-refractivity contribution in [2.45, 2.75) is 46.6 Å². The fourth-order valence-corrected chi connectivity index (χ4v) is 2.89. The van der Waals surface area contributed by atoms with Crippen LogP contribution in [0.2, 0.25) is 0 Å². The van der Waals surface area contributed by atoms with Crippen LogP contribution in [0.5, 0.6) is 0 Å². The number of anilines is 1. The standard InChI is InChI=1S/C19H28N4S/c1-7-13(2)16-8-10-17(11-9-16)20-19(24)22(5)12-18-14(3)21-23(6)15(18)4/h8-11,13H,7,12H2,1-6H3,(H,20,24). The lowest BCUT2D eigenvalue weighted by Crippen LogP contribution is -2.31. The first kappa shape index (κ1) is 18.5. The summed E-state index contributed by atoms with van der Waals surface area (Å²) < 4.78 is 1.92. The third kappa shape index (κ3) is 4.15. The Morgan fingerprint density at radius 3 is 2.42 bits per heavy atom. The van der Waals surface area contributed by atoms with Crippen LogP contribution >= 0.6 is 12.2 Å². The van der Waals surface area contributed by atoms with Crippen molar-refractivity contribution in [3.05, 3.63) is 46.8 Å². The van der Waals surface area contributed by atoms with Crippen LogP contribution in [0, 0.1) is 13.8 Å². The molecule has 0 saturated heterocycles. The van der Waals surface area contributed by atoms with E-state index in [1.165, 1.54) is 16.8 Å². The van der Waals surface area contributed by atoms with Crippen LogP contribution in [-0.4, -0.2) is 26.8 Å². The van der Waals surface area contributed by atoms with E-state index in [0.717, 1.165) is 24.3 Å². The molecule has 0 radical (unpaired) electrons. The molecule has 1 heterocycles. The first-order valence-corrected chi connectivity index (χ1v) is 8.85. The van der Waals surface area contributed by atoms with Gasteiger partial charge in [0, 0.05) is 37.6 Å². The van der Waals surface area contributed by atoms with E-state index in [-0.39, 0.29) is 0 Å². The Hall–Kier alpha value is -1.88. The average Bonchev–Trinajstić information content (AvgIpc) is 2.81. The van der Waals surface area contributed by atoms with E-state index in [2.05, 4.69) is 60.4 Å². The van der Waals surface area contributed by atoms with Crippen LogP contribution in [0.15, 0.2) is 24.3 Å². The third-order valence-corrected chi connectivity index (χ3v) is 5.16. The average molecular weight is 345 g/mol. The van der Waals surface area contributed by atoms with E-state index in [1.807, 2.05) is 25.7 Å². The molecule has 2 aromatic rings. The molecule has 5 heteroatoms. The summed E-state index contributed by atoms with van der Waals surface area (Å²) in [5.41, 5.74) is 5.86. The topological polar surface area (TPSA) is 33.1 Å². The SMILES string of the molecule is CCC(C)c1ccc(NC(=S)N(C)Cc2c(C)nn(C)c2C)cc1. The molecule has 0 fully saturated rings. The van der Waals surface area contributed by atoms with E-state index in [4.69, 9.17) is 12.2 Å².